The fourth-order valence-electron chi connectivity index (χ4n) is 2.51. The molecular formula is C19H20FN3O2. The monoisotopic (exact) mass is 341 g/mol. The molecule has 0 radical (unpaired) electrons. The van der Waals surface area contributed by atoms with E-state index in [9.17, 15) is 4.39 Å². The number of nitrogens with one attached hydrogen (secondary N) is 1. The fraction of sp³-hybridized carbons (Fsp3) is 0.263. The number of hydrogen-bond donors (Lipinski definition) is 1. The van der Waals surface area contributed by atoms with Crippen molar-refractivity contribution in [2.75, 3.05) is 19.0 Å². The molecule has 5 nitrogen and oxygen atoms in total. The summed E-state index contributed by atoms with van der Waals surface area (Å²) in [5.41, 5.74) is 1.70. The van der Waals surface area contributed by atoms with E-state index in [4.69, 9.17) is 9.47 Å². The Morgan fingerprint density at radius 1 is 1.08 bits per heavy atom. The molecule has 0 aliphatic rings. The van der Waals surface area contributed by atoms with Crippen molar-refractivity contribution in [1.82, 2.24) is 9.97 Å². The Balaban J connectivity index is 1.79. The van der Waals surface area contributed by atoms with E-state index in [0.717, 1.165) is 17.7 Å². The highest BCUT2D eigenvalue weighted by Crippen LogP contribution is 2.29. The van der Waals surface area contributed by atoms with Crippen molar-refractivity contribution in [3.05, 3.63) is 54.1 Å². The second kappa shape index (κ2) is 7.79. The second-order valence-electron chi connectivity index (χ2n) is 5.57. The molecule has 0 bridgehead atoms. The smallest absolute Gasteiger partial charge is 0.161 e. The lowest BCUT2D eigenvalue weighted by Gasteiger charge is -2.13. The van der Waals surface area contributed by atoms with Crippen molar-refractivity contribution in [2.24, 2.45) is 0 Å². The molecule has 1 heterocycles. The Kier molecular flexibility index (Phi) is 5.28. The van der Waals surface area contributed by atoms with Gasteiger partial charge in [-0.25, -0.2) is 14.4 Å². The van der Waals surface area contributed by atoms with E-state index in [1.807, 2.05) is 18.2 Å². The van der Waals surface area contributed by atoms with Gasteiger partial charge < -0.3 is 14.8 Å². The SMILES string of the molecule is CCCOc1ccc(CNc2ncnc3ccc(F)cc23)cc1OC. The van der Waals surface area contributed by atoms with Crippen LogP contribution in [0.3, 0.4) is 0 Å². The summed E-state index contributed by atoms with van der Waals surface area (Å²) in [5.74, 6) is 1.69. The lowest BCUT2D eigenvalue weighted by Crippen LogP contribution is -2.04. The van der Waals surface area contributed by atoms with E-state index >= 15 is 0 Å². The number of rotatable bonds is 7. The summed E-state index contributed by atoms with van der Waals surface area (Å²) in [6, 6.07) is 10.2. The molecule has 0 fully saturated rings. The van der Waals surface area contributed by atoms with Gasteiger partial charge >= 0.3 is 0 Å². The molecule has 0 saturated heterocycles. The van der Waals surface area contributed by atoms with Gasteiger partial charge in [0.2, 0.25) is 0 Å². The third kappa shape index (κ3) is 3.96. The molecule has 0 aliphatic heterocycles. The molecule has 3 rings (SSSR count). The minimum Gasteiger partial charge on any atom is -0.493 e. The first-order valence-electron chi connectivity index (χ1n) is 8.15. The molecule has 0 saturated carbocycles. The number of halogens is 1. The first-order chi connectivity index (χ1) is 12.2. The molecule has 3 aromatic rings. The van der Waals surface area contributed by atoms with Crippen LogP contribution in [0.4, 0.5) is 10.2 Å². The van der Waals surface area contributed by atoms with Crippen molar-refractivity contribution in [3.63, 3.8) is 0 Å². The highest BCUT2D eigenvalue weighted by atomic mass is 19.1. The molecule has 0 spiro atoms. The largest absolute Gasteiger partial charge is 0.493 e. The molecule has 130 valence electrons. The number of methoxy groups -OCH3 is 1. The maximum absolute atomic E-state index is 13.5. The minimum absolute atomic E-state index is 0.315. The average molecular weight is 341 g/mol. The molecule has 0 unspecified atom stereocenters. The average Bonchev–Trinajstić information content (AvgIpc) is 2.64. The summed E-state index contributed by atoms with van der Waals surface area (Å²) in [6.07, 6.45) is 2.40. The molecule has 0 atom stereocenters. The van der Waals surface area contributed by atoms with Crippen LogP contribution in [-0.4, -0.2) is 23.7 Å². The molecule has 1 N–H and O–H groups in total. The third-order valence-corrected chi connectivity index (χ3v) is 3.75. The van der Waals surface area contributed by atoms with Crippen LogP contribution in [0.5, 0.6) is 11.5 Å². The van der Waals surface area contributed by atoms with Crippen molar-refractivity contribution in [1.29, 1.82) is 0 Å². The zero-order chi connectivity index (χ0) is 17.6. The zero-order valence-corrected chi connectivity index (χ0v) is 14.3. The normalized spacial score (nSPS) is 10.7. The van der Waals surface area contributed by atoms with Gasteiger partial charge in [0.05, 0.1) is 19.2 Å². The van der Waals surface area contributed by atoms with Crippen molar-refractivity contribution in [3.8, 4) is 11.5 Å². The van der Waals surface area contributed by atoms with Gasteiger partial charge in [-0.1, -0.05) is 13.0 Å². The van der Waals surface area contributed by atoms with Gasteiger partial charge in [-0.3, -0.25) is 0 Å². The van der Waals surface area contributed by atoms with Crippen LogP contribution in [0.2, 0.25) is 0 Å². The van der Waals surface area contributed by atoms with E-state index in [1.54, 1.807) is 13.2 Å². The van der Waals surface area contributed by atoms with Crippen LogP contribution in [0, 0.1) is 5.82 Å². The number of anilines is 1. The van der Waals surface area contributed by atoms with Gasteiger partial charge in [-0.05, 0) is 42.3 Å². The fourth-order valence-corrected chi connectivity index (χ4v) is 2.51. The topological polar surface area (TPSA) is 56.3 Å². The van der Waals surface area contributed by atoms with Crippen LogP contribution in [0.1, 0.15) is 18.9 Å². The number of benzene rings is 2. The van der Waals surface area contributed by atoms with Gasteiger partial charge in [0.1, 0.15) is 18.0 Å². The molecule has 0 amide bonds. The first-order valence-corrected chi connectivity index (χ1v) is 8.15. The van der Waals surface area contributed by atoms with Gasteiger partial charge in [0.15, 0.2) is 11.5 Å². The predicted molar refractivity (Wildman–Crippen MR) is 95.6 cm³/mol. The van der Waals surface area contributed by atoms with Crippen LogP contribution < -0.4 is 14.8 Å². The van der Waals surface area contributed by atoms with Crippen LogP contribution in [0.15, 0.2) is 42.7 Å². The Morgan fingerprint density at radius 2 is 1.96 bits per heavy atom. The molecule has 2 aromatic carbocycles. The molecule has 1 aromatic heterocycles. The summed E-state index contributed by atoms with van der Waals surface area (Å²) >= 11 is 0. The maximum atomic E-state index is 13.5. The number of ether oxygens (including phenoxy) is 2. The van der Waals surface area contributed by atoms with Crippen molar-refractivity contribution in [2.45, 2.75) is 19.9 Å². The van der Waals surface area contributed by atoms with E-state index in [1.165, 1.54) is 18.5 Å². The highest BCUT2D eigenvalue weighted by Gasteiger charge is 2.08. The third-order valence-electron chi connectivity index (χ3n) is 3.75. The van der Waals surface area contributed by atoms with E-state index in [0.29, 0.717) is 35.6 Å². The summed E-state index contributed by atoms with van der Waals surface area (Å²) < 4.78 is 24.6. The highest BCUT2D eigenvalue weighted by molar-refractivity contribution is 5.88. The molecule has 25 heavy (non-hydrogen) atoms. The minimum atomic E-state index is -0.315. The predicted octanol–water partition coefficient (Wildman–Crippen LogP) is 4.18. The van der Waals surface area contributed by atoms with Crippen LogP contribution in [0.25, 0.3) is 10.9 Å². The van der Waals surface area contributed by atoms with Gasteiger partial charge in [-0.15, -0.1) is 0 Å². The van der Waals surface area contributed by atoms with E-state index in [2.05, 4.69) is 22.2 Å². The Morgan fingerprint density at radius 3 is 2.76 bits per heavy atom. The van der Waals surface area contributed by atoms with E-state index in [-0.39, 0.29) is 5.82 Å². The lowest BCUT2D eigenvalue weighted by molar-refractivity contribution is 0.294. The summed E-state index contributed by atoms with van der Waals surface area (Å²) in [7, 11) is 1.62. The quantitative estimate of drug-likeness (QED) is 0.699. The van der Waals surface area contributed by atoms with Gasteiger partial charge in [0.25, 0.3) is 0 Å². The Bertz CT molecular complexity index is 870. The van der Waals surface area contributed by atoms with Gasteiger partial charge in [-0.2, -0.15) is 0 Å². The van der Waals surface area contributed by atoms with Crippen molar-refractivity contribution >= 4 is 16.7 Å². The standard InChI is InChI=1S/C19H20FN3O2/c1-3-8-25-17-7-4-13(9-18(17)24-2)11-21-19-15-10-14(20)5-6-16(15)22-12-23-19/h4-7,9-10,12H,3,8,11H2,1-2H3,(H,21,22,23). The lowest BCUT2D eigenvalue weighted by atomic mass is 10.2. The van der Waals surface area contributed by atoms with E-state index < -0.39 is 0 Å². The number of fused-ring (bicyclic) bond motifs is 1. The Hall–Kier alpha value is -2.89. The molecule has 6 heteroatoms. The Labute approximate surface area is 145 Å². The summed E-state index contributed by atoms with van der Waals surface area (Å²) in [6.45, 7) is 3.22. The zero-order valence-electron chi connectivity index (χ0n) is 14.3. The first kappa shape index (κ1) is 17.0. The molecular weight excluding hydrogens is 321 g/mol. The second-order valence-corrected chi connectivity index (χ2v) is 5.57. The van der Waals surface area contributed by atoms with Crippen molar-refractivity contribution < 1.29 is 13.9 Å². The van der Waals surface area contributed by atoms with Crippen LogP contribution in [-0.2, 0) is 6.54 Å². The number of aromatic nitrogens is 2. The van der Waals surface area contributed by atoms with Crippen LogP contribution >= 0.6 is 0 Å². The van der Waals surface area contributed by atoms with Gasteiger partial charge in [0, 0.05) is 11.9 Å². The molecule has 0 aliphatic carbocycles. The maximum Gasteiger partial charge on any atom is 0.161 e. The number of nitrogens with zero attached hydrogens (tertiary/aromatic N) is 2. The summed E-state index contributed by atoms with van der Waals surface area (Å²) in [5, 5.41) is 3.88. The number of hydrogen-bond acceptors (Lipinski definition) is 5. The summed E-state index contributed by atoms with van der Waals surface area (Å²) in [4.78, 5) is 8.37.